The average molecular weight is 198 g/mol. The van der Waals surface area contributed by atoms with Crippen molar-refractivity contribution >= 4 is 17.9 Å². The van der Waals surface area contributed by atoms with Crippen LogP contribution in [0.15, 0.2) is 4.42 Å². The van der Waals surface area contributed by atoms with Gasteiger partial charge in [0, 0.05) is 6.42 Å². The topological polar surface area (TPSA) is 92.4 Å². The van der Waals surface area contributed by atoms with Gasteiger partial charge in [0.1, 0.15) is 0 Å². The van der Waals surface area contributed by atoms with Gasteiger partial charge in [-0.15, -0.1) is 0 Å². The van der Waals surface area contributed by atoms with E-state index in [2.05, 4.69) is 10.3 Å². The van der Waals surface area contributed by atoms with Crippen molar-refractivity contribution in [2.24, 2.45) is 0 Å². The molecule has 0 spiro atoms. The van der Waals surface area contributed by atoms with Gasteiger partial charge >= 0.3 is 12.0 Å². The zero-order valence-corrected chi connectivity index (χ0v) is 7.83. The van der Waals surface area contributed by atoms with Crippen molar-refractivity contribution < 1.29 is 19.1 Å². The molecule has 1 rings (SSSR count). The minimum atomic E-state index is -1.20. The lowest BCUT2D eigenvalue weighted by Gasteiger charge is -1.94. The number of amides is 1. The third-order valence-electron chi connectivity index (χ3n) is 1.56. The summed E-state index contributed by atoms with van der Waals surface area (Å²) in [5, 5.41) is 11.0. The highest BCUT2D eigenvalue weighted by molar-refractivity contribution is 5.90. The maximum Gasteiger partial charge on any atom is 0.373 e. The van der Waals surface area contributed by atoms with E-state index in [0.29, 0.717) is 0 Å². The summed E-state index contributed by atoms with van der Waals surface area (Å²) in [6, 6.07) is -0.0771. The number of hydrogen-bond donors (Lipinski definition) is 2. The van der Waals surface area contributed by atoms with E-state index >= 15 is 0 Å². The Balaban J connectivity index is 2.86. The molecule has 14 heavy (non-hydrogen) atoms. The molecular weight excluding hydrogens is 188 g/mol. The van der Waals surface area contributed by atoms with E-state index in [1.165, 1.54) is 6.92 Å². The summed E-state index contributed by atoms with van der Waals surface area (Å²) in [5.74, 6) is -1.73. The molecule has 6 nitrogen and oxygen atoms in total. The first kappa shape index (κ1) is 10.2. The quantitative estimate of drug-likeness (QED) is 0.756. The number of nitrogens with one attached hydrogen (secondary N) is 1. The fourth-order valence-corrected chi connectivity index (χ4v) is 0.856. The fraction of sp³-hybridized carbons (Fsp3) is 0.375. The van der Waals surface area contributed by atoms with Crippen LogP contribution in [0.1, 0.15) is 29.6 Å². The number of hydrogen-bond acceptors (Lipinski definition) is 4. The molecule has 0 saturated carbocycles. The predicted octanol–water partition coefficient (Wildman–Crippen LogP) is 1.03. The second kappa shape index (κ2) is 3.91. The summed E-state index contributed by atoms with van der Waals surface area (Å²) in [6.45, 7) is 3.16. The Hall–Kier alpha value is -1.85. The second-order valence-corrected chi connectivity index (χ2v) is 2.64. The first-order chi connectivity index (χ1) is 6.54. The van der Waals surface area contributed by atoms with Crippen LogP contribution in [-0.2, 0) is 4.79 Å². The minimum Gasteiger partial charge on any atom is -0.475 e. The number of nitrogens with zero attached hydrogens (tertiary/aromatic N) is 1. The van der Waals surface area contributed by atoms with Crippen LogP contribution in [0.25, 0.3) is 0 Å². The van der Waals surface area contributed by atoms with Gasteiger partial charge in [0.25, 0.3) is 0 Å². The molecule has 6 heteroatoms. The van der Waals surface area contributed by atoms with Crippen molar-refractivity contribution in [3.8, 4) is 0 Å². The highest BCUT2D eigenvalue weighted by Gasteiger charge is 2.16. The van der Waals surface area contributed by atoms with Gasteiger partial charge in [-0.3, -0.25) is 10.1 Å². The Bertz CT molecular complexity index is 369. The third kappa shape index (κ3) is 2.09. The monoisotopic (exact) mass is 198 g/mol. The van der Waals surface area contributed by atoms with Gasteiger partial charge in [-0.2, -0.15) is 4.98 Å². The van der Waals surface area contributed by atoms with E-state index in [4.69, 9.17) is 9.52 Å². The first-order valence-corrected chi connectivity index (χ1v) is 4.05. The number of aromatic nitrogens is 1. The molecule has 0 fully saturated rings. The van der Waals surface area contributed by atoms with E-state index in [1.54, 1.807) is 6.92 Å². The lowest BCUT2D eigenvalue weighted by atomic mass is 10.4. The van der Waals surface area contributed by atoms with Crippen molar-refractivity contribution in [3.05, 3.63) is 11.5 Å². The van der Waals surface area contributed by atoms with Gasteiger partial charge in [0.15, 0.2) is 0 Å². The van der Waals surface area contributed by atoms with Gasteiger partial charge in [0.2, 0.25) is 11.7 Å². The summed E-state index contributed by atoms with van der Waals surface area (Å²) in [6.07, 6.45) is 0.282. The molecule has 0 aliphatic rings. The number of carboxylic acids is 1. The molecule has 2 N–H and O–H groups in total. The molecule has 0 aliphatic carbocycles. The zero-order chi connectivity index (χ0) is 10.7. The number of carbonyl (C=O) groups is 2. The highest BCUT2D eigenvalue weighted by atomic mass is 16.4. The van der Waals surface area contributed by atoms with Gasteiger partial charge in [-0.05, 0) is 6.92 Å². The predicted molar refractivity (Wildman–Crippen MR) is 47.1 cm³/mol. The molecule has 1 aromatic heterocycles. The number of rotatable bonds is 3. The summed E-state index contributed by atoms with van der Waals surface area (Å²) >= 11 is 0. The Morgan fingerprint density at radius 3 is 2.64 bits per heavy atom. The van der Waals surface area contributed by atoms with Gasteiger partial charge in [0.05, 0.1) is 5.69 Å². The van der Waals surface area contributed by atoms with Crippen LogP contribution in [0, 0.1) is 6.92 Å². The summed E-state index contributed by atoms with van der Waals surface area (Å²) in [7, 11) is 0. The summed E-state index contributed by atoms with van der Waals surface area (Å²) in [5.41, 5.74) is 0.240. The van der Waals surface area contributed by atoms with Crippen LogP contribution in [0.4, 0.5) is 6.01 Å². The molecule has 0 bridgehead atoms. The van der Waals surface area contributed by atoms with E-state index in [1.807, 2.05) is 0 Å². The smallest absolute Gasteiger partial charge is 0.373 e. The number of carboxylic acid groups (broad SMARTS) is 1. The van der Waals surface area contributed by atoms with Crippen LogP contribution in [0.2, 0.25) is 0 Å². The molecule has 0 unspecified atom stereocenters. The standard InChI is InChI=1S/C8H10N2O4/c1-3-5(11)10-8-9-4(2)6(14-8)7(12)13/h3H2,1-2H3,(H,12,13)(H,9,10,11). The summed E-state index contributed by atoms with van der Waals surface area (Å²) < 4.78 is 4.81. The van der Waals surface area contributed by atoms with Crippen molar-refractivity contribution in [3.63, 3.8) is 0 Å². The molecule has 0 aliphatic heterocycles. The molecule has 0 radical (unpaired) electrons. The largest absolute Gasteiger partial charge is 0.475 e. The van der Waals surface area contributed by atoms with Gasteiger partial charge in [-0.1, -0.05) is 6.92 Å². The number of oxazole rings is 1. The van der Waals surface area contributed by atoms with Crippen molar-refractivity contribution in [1.82, 2.24) is 4.98 Å². The molecule has 0 atom stereocenters. The molecule has 0 saturated heterocycles. The lowest BCUT2D eigenvalue weighted by molar-refractivity contribution is -0.116. The van der Waals surface area contributed by atoms with Gasteiger partial charge < -0.3 is 9.52 Å². The summed E-state index contributed by atoms with van der Waals surface area (Å²) in [4.78, 5) is 25.2. The molecular formula is C8H10N2O4. The molecule has 76 valence electrons. The number of carbonyl (C=O) groups excluding carboxylic acids is 1. The SMILES string of the molecule is CCC(=O)Nc1nc(C)c(C(=O)O)o1. The number of aromatic carboxylic acids is 1. The molecule has 0 aromatic carbocycles. The lowest BCUT2D eigenvalue weighted by Crippen LogP contribution is -2.09. The third-order valence-corrected chi connectivity index (χ3v) is 1.56. The number of anilines is 1. The van der Waals surface area contributed by atoms with Crippen molar-refractivity contribution in [2.75, 3.05) is 5.32 Å². The van der Waals surface area contributed by atoms with Crippen LogP contribution in [-0.4, -0.2) is 22.0 Å². The van der Waals surface area contributed by atoms with Crippen LogP contribution < -0.4 is 5.32 Å². The Labute approximate surface area is 79.9 Å². The van der Waals surface area contributed by atoms with Crippen LogP contribution in [0.5, 0.6) is 0 Å². The van der Waals surface area contributed by atoms with E-state index < -0.39 is 5.97 Å². The highest BCUT2D eigenvalue weighted by Crippen LogP contribution is 2.14. The Morgan fingerprint density at radius 2 is 2.21 bits per heavy atom. The molecule has 1 amide bonds. The fourth-order valence-electron chi connectivity index (χ4n) is 0.856. The molecule has 1 aromatic rings. The Morgan fingerprint density at radius 1 is 1.57 bits per heavy atom. The van der Waals surface area contributed by atoms with Crippen LogP contribution >= 0.6 is 0 Å². The second-order valence-electron chi connectivity index (χ2n) is 2.64. The van der Waals surface area contributed by atoms with Crippen molar-refractivity contribution in [1.29, 1.82) is 0 Å². The van der Waals surface area contributed by atoms with E-state index in [0.717, 1.165) is 0 Å². The Kier molecular flexibility index (Phi) is 2.85. The zero-order valence-electron chi connectivity index (χ0n) is 7.83. The first-order valence-electron chi connectivity index (χ1n) is 4.05. The van der Waals surface area contributed by atoms with Crippen LogP contribution in [0.3, 0.4) is 0 Å². The average Bonchev–Trinajstić information content (AvgIpc) is 2.46. The normalized spacial score (nSPS) is 9.86. The minimum absolute atomic E-state index is 0.0771. The maximum atomic E-state index is 10.9. The maximum absolute atomic E-state index is 10.9. The number of aryl methyl sites for hydroxylation is 1. The van der Waals surface area contributed by atoms with Crippen molar-refractivity contribution in [2.45, 2.75) is 20.3 Å². The van der Waals surface area contributed by atoms with E-state index in [9.17, 15) is 9.59 Å². The molecule has 1 heterocycles. The van der Waals surface area contributed by atoms with E-state index in [-0.39, 0.29) is 29.8 Å². The van der Waals surface area contributed by atoms with Gasteiger partial charge in [-0.25, -0.2) is 4.79 Å².